The SMILES string of the molecule is COC(=O)c1sc(C(C)(C)C)cc1CSc1ccc(Cl)cc1. The summed E-state index contributed by atoms with van der Waals surface area (Å²) < 4.78 is 4.92. The van der Waals surface area contributed by atoms with Gasteiger partial charge in [0.25, 0.3) is 0 Å². The largest absolute Gasteiger partial charge is 0.465 e. The van der Waals surface area contributed by atoms with Crippen LogP contribution in [0.4, 0.5) is 0 Å². The summed E-state index contributed by atoms with van der Waals surface area (Å²) in [6.45, 7) is 6.45. The van der Waals surface area contributed by atoms with Gasteiger partial charge in [0.15, 0.2) is 0 Å². The minimum atomic E-state index is -0.257. The molecule has 0 fully saturated rings. The number of rotatable bonds is 4. The number of hydrogen-bond acceptors (Lipinski definition) is 4. The number of carbonyl (C=O) groups is 1. The summed E-state index contributed by atoms with van der Waals surface area (Å²) in [7, 11) is 1.43. The topological polar surface area (TPSA) is 26.3 Å². The van der Waals surface area contributed by atoms with Crippen LogP contribution in [0.5, 0.6) is 0 Å². The van der Waals surface area contributed by atoms with Crippen LogP contribution in [0.1, 0.15) is 40.9 Å². The van der Waals surface area contributed by atoms with E-state index in [0.29, 0.717) is 4.88 Å². The highest BCUT2D eigenvalue weighted by Gasteiger charge is 2.23. The Morgan fingerprint density at radius 2 is 1.91 bits per heavy atom. The molecule has 0 aliphatic heterocycles. The van der Waals surface area contributed by atoms with Crippen molar-refractivity contribution in [1.29, 1.82) is 0 Å². The summed E-state index contributed by atoms with van der Waals surface area (Å²) in [6, 6.07) is 9.85. The summed E-state index contributed by atoms with van der Waals surface area (Å²) >= 11 is 9.12. The van der Waals surface area contributed by atoms with Crippen molar-refractivity contribution < 1.29 is 9.53 Å². The third-order valence-electron chi connectivity index (χ3n) is 3.13. The minimum absolute atomic E-state index is 0.0244. The van der Waals surface area contributed by atoms with Gasteiger partial charge in [-0.2, -0.15) is 0 Å². The van der Waals surface area contributed by atoms with E-state index in [4.69, 9.17) is 16.3 Å². The highest BCUT2D eigenvalue weighted by Crippen LogP contribution is 2.36. The van der Waals surface area contributed by atoms with E-state index in [0.717, 1.165) is 21.2 Å². The van der Waals surface area contributed by atoms with Crippen molar-refractivity contribution in [3.63, 3.8) is 0 Å². The molecule has 0 aliphatic carbocycles. The van der Waals surface area contributed by atoms with E-state index >= 15 is 0 Å². The van der Waals surface area contributed by atoms with Gasteiger partial charge in [0.2, 0.25) is 0 Å². The van der Waals surface area contributed by atoms with Gasteiger partial charge < -0.3 is 4.74 Å². The molecular weight excluding hydrogens is 336 g/mol. The van der Waals surface area contributed by atoms with Crippen LogP contribution in [0.3, 0.4) is 0 Å². The number of thiophene rings is 1. The lowest BCUT2D eigenvalue weighted by molar-refractivity contribution is 0.0605. The van der Waals surface area contributed by atoms with E-state index in [-0.39, 0.29) is 11.4 Å². The highest BCUT2D eigenvalue weighted by molar-refractivity contribution is 7.98. The maximum atomic E-state index is 12.0. The fourth-order valence-corrected chi connectivity index (χ4v) is 4.11. The maximum absolute atomic E-state index is 12.0. The van der Waals surface area contributed by atoms with Crippen molar-refractivity contribution in [2.75, 3.05) is 7.11 Å². The Morgan fingerprint density at radius 1 is 1.27 bits per heavy atom. The van der Waals surface area contributed by atoms with Gasteiger partial charge in [-0.3, -0.25) is 0 Å². The molecule has 0 N–H and O–H groups in total. The second-order valence-corrected chi connectivity index (χ2v) is 8.49. The predicted octanol–water partition coefficient (Wildman–Crippen LogP) is 5.78. The van der Waals surface area contributed by atoms with E-state index < -0.39 is 0 Å². The Balaban J connectivity index is 2.23. The van der Waals surface area contributed by atoms with Gasteiger partial charge in [0.05, 0.1) is 7.11 Å². The molecule has 0 aliphatic rings. The zero-order chi connectivity index (χ0) is 16.3. The maximum Gasteiger partial charge on any atom is 0.348 e. The molecule has 0 atom stereocenters. The van der Waals surface area contributed by atoms with Gasteiger partial charge in [0.1, 0.15) is 4.88 Å². The number of hydrogen-bond donors (Lipinski definition) is 0. The molecule has 22 heavy (non-hydrogen) atoms. The molecule has 0 amide bonds. The molecule has 0 bridgehead atoms. The van der Waals surface area contributed by atoms with E-state index in [1.54, 1.807) is 11.8 Å². The van der Waals surface area contributed by atoms with Crippen LogP contribution in [-0.2, 0) is 15.9 Å². The van der Waals surface area contributed by atoms with Crippen LogP contribution < -0.4 is 0 Å². The first kappa shape index (κ1) is 17.4. The third kappa shape index (κ3) is 4.28. The lowest BCUT2D eigenvalue weighted by Gasteiger charge is -2.15. The lowest BCUT2D eigenvalue weighted by atomic mass is 9.94. The molecule has 0 radical (unpaired) electrons. The number of thioether (sulfide) groups is 1. The standard InChI is InChI=1S/C17H19ClO2S2/c1-17(2,3)14-9-11(15(22-14)16(19)20-4)10-21-13-7-5-12(18)6-8-13/h5-9H,10H2,1-4H3. The van der Waals surface area contributed by atoms with Gasteiger partial charge >= 0.3 is 5.97 Å². The highest BCUT2D eigenvalue weighted by atomic mass is 35.5. The molecule has 2 rings (SSSR count). The Bertz CT molecular complexity index is 654. The number of benzene rings is 1. The zero-order valence-electron chi connectivity index (χ0n) is 13.1. The molecule has 118 valence electrons. The molecule has 1 aromatic carbocycles. The van der Waals surface area contributed by atoms with Crippen LogP contribution >= 0.6 is 34.7 Å². The Labute approximate surface area is 144 Å². The number of methoxy groups -OCH3 is 1. The van der Waals surface area contributed by atoms with Crippen LogP contribution in [0.15, 0.2) is 35.2 Å². The molecular formula is C17H19ClO2S2. The van der Waals surface area contributed by atoms with Crippen LogP contribution in [0.2, 0.25) is 5.02 Å². The second-order valence-electron chi connectivity index (χ2n) is 5.95. The number of ether oxygens (including phenoxy) is 1. The average Bonchev–Trinajstić information content (AvgIpc) is 2.90. The first-order chi connectivity index (χ1) is 10.3. The first-order valence-corrected chi connectivity index (χ1v) is 9.09. The van der Waals surface area contributed by atoms with Gasteiger partial charge in [-0.15, -0.1) is 23.1 Å². The van der Waals surface area contributed by atoms with E-state index in [2.05, 4.69) is 26.8 Å². The van der Waals surface area contributed by atoms with Crippen molar-refractivity contribution >= 4 is 40.7 Å². The molecule has 0 unspecified atom stereocenters. The van der Waals surface area contributed by atoms with Gasteiger partial charge in [-0.25, -0.2) is 4.79 Å². The molecule has 1 heterocycles. The number of esters is 1. The number of halogens is 1. The van der Waals surface area contributed by atoms with Crippen molar-refractivity contribution in [2.24, 2.45) is 0 Å². The molecule has 0 saturated heterocycles. The molecule has 0 saturated carbocycles. The van der Waals surface area contributed by atoms with Gasteiger partial charge in [-0.05, 0) is 41.3 Å². The van der Waals surface area contributed by atoms with Crippen LogP contribution in [-0.4, -0.2) is 13.1 Å². The quantitative estimate of drug-likeness (QED) is 0.514. The van der Waals surface area contributed by atoms with Crippen LogP contribution in [0.25, 0.3) is 0 Å². The fourth-order valence-electron chi connectivity index (χ4n) is 1.86. The normalized spacial score (nSPS) is 11.5. The van der Waals surface area contributed by atoms with E-state index in [1.165, 1.54) is 23.3 Å². The molecule has 2 aromatic rings. The summed E-state index contributed by atoms with van der Waals surface area (Å²) in [5.74, 6) is 0.478. The summed E-state index contributed by atoms with van der Waals surface area (Å²) in [4.78, 5) is 15.0. The number of carbonyl (C=O) groups excluding carboxylic acids is 1. The predicted molar refractivity (Wildman–Crippen MR) is 95.4 cm³/mol. The summed E-state index contributed by atoms with van der Waals surface area (Å²) in [5.41, 5.74) is 1.05. The third-order valence-corrected chi connectivity index (χ3v) is 6.02. The van der Waals surface area contributed by atoms with Gasteiger partial charge in [0, 0.05) is 20.5 Å². The Morgan fingerprint density at radius 3 is 2.45 bits per heavy atom. The Hall–Kier alpha value is -0.970. The fraction of sp³-hybridized carbons (Fsp3) is 0.353. The summed E-state index contributed by atoms with van der Waals surface area (Å²) in [5, 5.41) is 0.727. The van der Waals surface area contributed by atoms with Crippen molar-refractivity contribution in [1.82, 2.24) is 0 Å². The minimum Gasteiger partial charge on any atom is -0.465 e. The van der Waals surface area contributed by atoms with Crippen molar-refractivity contribution in [3.05, 3.63) is 50.7 Å². The average molecular weight is 355 g/mol. The molecule has 1 aromatic heterocycles. The molecule has 0 spiro atoms. The van der Waals surface area contributed by atoms with Crippen molar-refractivity contribution in [2.45, 2.75) is 36.8 Å². The van der Waals surface area contributed by atoms with Crippen LogP contribution in [0, 0.1) is 0 Å². The van der Waals surface area contributed by atoms with Gasteiger partial charge in [-0.1, -0.05) is 32.4 Å². The molecule has 2 nitrogen and oxygen atoms in total. The monoisotopic (exact) mass is 354 g/mol. The lowest BCUT2D eigenvalue weighted by Crippen LogP contribution is -2.08. The zero-order valence-corrected chi connectivity index (χ0v) is 15.5. The smallest absolute Gasteiger partial charge is 0.348 e. The Kier molecular flexibility index (Phi) is 5.59. The van der Waals surface area contributed by atoms with Crippen molar-refractivity contribution in [3.8, 4) is 0 Å². The first-order valence-electron chi connectivity index (χ1n) is 6.91. The molecule has 5 heteroatoms. The van der Waals surface area contributed by atoms with E-state index in [1.807, 2.05) is 24.3 Å². The second kappa shape index (κ2) is 7.07. The van der Waals surface area contributed by atoms with E-state index in [9.17, 15) is 4.79 Å². The summed E-state index contributed by atoms with van der Waals surface area (Å²) in [6.07, 6.45) is 0.